The molecular weight excluding hydrogens is 527 g/mol. The summed E-state index contributed by atoms with van der Waals surface area (Å²) in [6.45, 7) is 16.9. The Labute approximate surface area is 245 Å². The molecule has 2 fully saturated rings. The molecule has 0 aromatic heterocycles. The van der Waals surface area contributed by atoms with Gasteiger partial charge in [-0.05, 0) is 41.9 Å². The largest absolute Gasteiger partial charge is 0.459 e. The third-order valence-electron chi connectivity index (χ3n) is 8.80. The molecule has 4 atom stereocenters. The fourth-order valence-corrected chi connectivity index (χ4v) is 6.42. The number of esters is 2. The van der Waals surface area contributed by atoms with Crippen LogP contribution in [0, 0.1) is 29.5 Å². The average molecular weight is 579 g/mol. The second-order valence-electron chi connectivity index (χ2n) is 13.0. The summed E-state index contributed by atoms with van der Waals surface area (Å²) in [5.74, 6) is -0.955. The maximum atomic E-state index is 15.2. The van der Waals surface area contributed by atoms with Crippen LogP contribution in [0.25, 0.3) is 0 Å². The molecule has 0 radical (unpaired) electrons. The lowest BCUT2D eigenvalue weighted by Gasteiger charge is -2.46. The van der Waals surface area contributed by atoms with Crippen LogP contribution < -0.4 is 0 Å². The first-order chi connectivity index (χ1) is 19.3. The van der Waals surface area contributed by atoms with E-state index in [1.807, 2.05) is 10.1 Å². The predicted molar refractivity (Wildman–Crippen MR) is 155 cm³/mol. The summed E-state index contributed by atoms with van der Waals surface area (Å²) in [5, 5.41) is 4.05. The van der Waals surface area contributed by atoms with Gasteiger partial charge in [0, 0.05) is 49.9 Å². The lowest BCUT2D eigenvalue weighted by atomic mass is 9.84. The van der Waals surface area contributed by atoms with Gasteiger partial charge in [-0.3, -0.25) is 0 Å². The molecule has 3 rings (SSSR count). The Morgan fingerprint density at radius 3 is 1.37 bits per heavy atom. The Morgan fingerprint density at radius 1 is 0.683 bits per heavy atom. The summed E-state index contributed by atoms with van der Waals surface area (Å²) < 4.78 is 26.9. The molecule has 9 heteroatoms. The molecule has 2 aliphatic rings. The van der Waals surface area contributed by atoms with Crippen molar-refractivity contribution >= 4 is 11.9 Å². The van der Waals surface area contributed by atoms with E-state index in [0.29, 0.717) is 37.5 Å². The van der Waals surface area contributed by atoms with E-state index in [9.17, 15) is 9.59 Å². The molecular formula is C32H51FN2O6. The van der Waals surface area contributed by atoms with Crippen molar-refractivity contribution in [2.75, 3.05) is 14.2 Å². The van der Waals surface area contributed by atoms with Gasteiger partial charge >= 0.3 is 11.9 Å². The van der Waals surface area contributed by atoms with E-state index in [2.05, 4.69) is 55.4 Å². The lowest BCUT2D eigenvalue weighted by molar-refractivity contribution is -0.236. The number of hydrogen-bond acceptors (Lipinski definition) is 8. The topological polar surface area (TPSA) is 77.5 Å². The molecule has 0 aliphatic carbocycles. The van der Waals surface area contributed by atoms with Crippen molar-refractivity contribution in [1.29, 1.82) is 0 Å². The van der Waals surface area contributed by atoms with Crippen LogP contribution in [0.5, 0.6) is 0 Å². The number of carbonyl (C=O) groups is 2. The molecule has 1 aromatic rings. The molecule has 2 aliphatic heterocycles. The maximum absolute atomic E-state index is 15.2. The van der Waals surface area contributed by atoms with Gasteiger partial charge < -0.3 is 19.1 Å². The van der Waals surface area contributed by atoms with Crippen LogP contribution in [0.3, 0.4) is 0 Å². The molecule has 0 bridgehead atoms. The summed E-state index contributed by atoms with van der Waals surface area (Å²) in [6, 6.07) is 4.16. The average Bonchev–Trinajstić information content (AvgIpc) is 2.91. The highest BCUT2D eigenvalue weighted by molar-refractivity contribution is 5.93. The van der Waals surface area contributed by atoms with Crippen molar-refractivity contribution < 1.29 is 33.1 Å². The van der Waals surface area contributed by atoms with Crippen molar-refractivity contribution in [3.63, 3.8) is 0 Å². The molecule has 2 saturated heterocycles. The van der Waals surface area contributed by atoms with E-state index >= 15 is 4.39 Å². The monoisotopic (exact) mass is 578 g/mol. The maximum Gasteiger partial charge on any atom is 0.341 e. The first-order valence-electron chi connectivity index (χ1n) is 15.1. The summed E-state index contributed by atoms with van der Waals surface area (Å²) >= 11 is 0. The standard InChI is InChI=1S/C32H51FN2O6/c1-18(2)27-14-23(15-28(19(3)4)34(27)38-9)40-31(36)22-11-12-25(26(33)13-22)32(37)41-24-16-29(20(5)6)35(39-10)30(17-24)21(7)8/h11-13,18-21,23-24,27-30H,14-17H2,1-10H3. The van der Waals surface area contributed by atoms with Crippen molar-refractivity contribution in [3.8, 4) is 0 Å². The Morgan fingerprint density at radius 2 is 1.05 bits per heavy atom. The Kier molecular flexibility index (Phi) is 11.7. The van der Waals surface area contributed by atoms with Crippen LogP contribution in [0.4, 0.5) is 4.39 Å². The minimum Gasteiger partial charge on any atom is -0.459 e. The molecule has 0 spiro atoms. The Balaban J connectivity index is 1.70. The first-order valence-corrected chi connectivity index (χ1v) is 15.1. The second kappa shape index (κ2) is 14.4. The fraction of sp³-hybridized carbons (Fsp3) is 0.750. The Hall–Kier alpha value is -2.07. The number of piperidine rings is 2. The Bertz CT molecular complexity index is 995. The van der Waals surface area contributed by atoms with Gasteiger partial charge in [0.25, 0.3) is 0 Å². The van der Waals surface area contributed by atoms with Gasteiger partial charge in [0.05, 0.1) is 25.3 Å². The van der Waals surface area contributed by atoms with Gasteiger partial charge in [-0.15, -0.1) is 0 Å². The van der Waals surface area contributed by atoms with Gasteiger partial charge in [-0.1, -0.05) is 55.4 Å². The van der Waals surface area contributed by atoms with Crippen molar-refractivity contribution in [2.45, 2.75) is 117 Å². The molecule has 0 saturated carbocycles. The third-order valence-corrected chi connectivity index (χ3v) is 8.80. The third kappa shape index (κ3) is 7.86. The van der Waals surface area contributed by atoms with Crippen LogP contribution in [-0.4, -0.2) is 72.7 Å². The van der Waals surface area contributed by atoms with Gasteiger partial charge in [0.2, 0.25) is 0 Å². The number of halogens is 1. The summed E-state index contributed by atoms with van der Waals surface area (Å²) in [6.07, 6.45) is 1.78. The van der Waals surface area contributed by atoms with E-state index in [1.54, 1.807) is 14.2 Å². The number of carbonyl (C=O) groups excluding carboxylic acids is 2. The predicted octanol–water partition coefficient (Wildman–Crippen LogP) is 6.29. The quantitative estimate of drug-likeness (QED) is 0.300. The highest BCUT2D eigenvalue weighted by Crippen LogP contribution is 2.35. The number of hydrogen-bond donors (Lipinski definition) is 0. The molecule has 4 unspecified atom stereocenters. The van der Waals surface area contributed by atoms with Gasteiger partial charge in [-0.25, -0.2) is 14.0 Å². The zero-order valence-electron chi connectivity index (χ0n) is 26.6. The van der Waals surface area contributed by atoms with Crippen LogP contribution in [0.15, 0.2) is 18.2 Å². The van der Waals surface area contributed by atoms with E-state index in [4.69, 9.17) is 19.1 Å². The molecule has 1 aromatic carbocycles. The van der Waals surface area contributed by atoms with E-state index in [-0.39, 0.29) is 59.3 Å². The van der Waals surface area contributed by atoms with Crippen molar-refractivity contribution in [1.82, 2.24) is 10.1 Å². The smallest absolute Gasteiger partial charge is 0.341 e. The zero-order chi connectivity index (χ0) is 30.6. The first kappa shape index (κ1) is 33.4. The van der Waals surface area contributed by atoms with Crippen LogP contribution >= 0.6 is 0 Å². The molecule has 0 amide bonds. The fourth-order valence-electron chi connectivity index (χ4n) is 6.42. The summed E-state index contributed by atoms with van der Waals surface area (Å²) in [5.41, 5.74) is -0.116. The minimum absolute atomic E-state index is 0.0716. The van der Waals surface area contributed by atoms with E-state index in [1.165, 1.54) is 12.1 Å². The van der Waals surface area contributed by atoms with Crippen LogP contribution in [0.2, 0.25) is 0 Å². The normalized spacial score (nSPS) is 28.1. The second-order valence-corrected chi connectivity index (χ2v) is 13.0. The van der Waals surface area contributed by atoms with Gasteiger partial charge in [0.1, 0.15) is 18.0 Å². The van der Waals surface area contributed by atoms with Crippen molar-refractivity contribution in [2.24, 2.45) is 23.7 Å². The van der Waals surface area contributed by atoms with Crippen LogP contribution in [-0.2, 0) is 19.1 Å². The van der Waals surface area contributed by atoms with E-state index in [0.717, 1.165) is 6.07 Å². The molecule has 2 heterocycles. The van der Waals surface area contributed by atoms with Gasteiger partial charge in [0.15, 0.2) is 0 Å². The number of ether oxygens (including phenoxy) is 2. The van der Waals surface area contributed by atoms with E-state index < -0.39 is 17.8 Å². The van der Waals surface area contributed by atoms with Crippen molar-refractivity contribution in [3.05, 3.63) is 35.1 Å². The zero-order valence-corrected chi connectivity index (χ0v) is 26.6. The summed E-state index contributed by atoms with van der Waals surface area (Å²) in [7, 11) is 3.35. The van der Waals surface area contributed by atoms with Crippen LogP contribution in [0.1, 0.15) is 102 Å². The summed E-state index contributed by atoms with van der Waals surface area (Å²) in [4.78, 5) is 37.5. The number of benzene rings is 1. The number of rotatable bonds is 10. The minimum atomic E-state index is -0.797. The molecule has 232 valence electrons. The van der Waals surface area contributed by atoms with Gasteiger partial charge in [-0.2, -0.15) is 10.1 Å². The SMILES string of the molecule is CON1C(C(C)C)CC(OC(=O)c2ccc(C(=O)OC3CC(C(C)C)N(OC)C(C(C)C)C3)c(F)c2)CC1C(C)C. The number of nitrogens with zero attached hydrogens (tertiary/aromatic N) is 2. The molecule has 0 N–H and O–H groups in total. The highest BCUT2D eigenvalue weighted by Gasteiger charge is 2.42. The number of hydroxylamine groups is 4. The molecule has 41 heavy (non-hydrogen) atoms. The highest BCUT2D eigenvalue weighted by atomic mass is 19.1. The molecule has 8 nitrogen and oxygen atoms in total. The lowest BCUT2D eigenvalue weighted by Crippen LogP contribution is -2.54.